The van der Waals surface area contributed by atoms with E-state index >= 15 is 0 Å². The molecule has 1 aliphatic carbocycles. The lowest BCUT2D eigenvalue weighted by molar-refractivity contribution is 0.617. The highest BCUT2D eigenvalue weighted by molar-refractivity contribution is 5.54. The number of rotatable bonds is 9. The van der Waals surface area contributed by atoms with Crippen molar-refractivity contribution in [3.63, 3.8) is 0 Å². The minimum Gasteiger partial charge on any atom is -0.369 e. The Kier molecular flexibility index (Phi) is 6.04. The van der Waals surface area contributed by atoms with Crippen molar-refractivity contribution in [3.05, 3.63) is 23.5 Å². The number of hydrogen-bond acceptors (Lipinski definition) is 3. The first-order valence-electron chi connectivity index (χ1n) is 8.57. The third-order valence-corrected chi connectivity index (χ3v) is 4.19. The van der Waals surface area contributed by atoms with Crippen LogP contribution in [0.1, 0.15) is 64.1 Å². The van der Waals surface area contributed by atoms with E-state index < -0.39 is 0 Å². The van der Waals surface area contributed by atoms with Gasteiger partial charge in [-0.2, -0.15) is 0 Å². The maximum Gasteiger partial charge on any atom is 0.0447 e. The molecule has 1 saturated carbocycles. The predicted octanol–water partition coefficient (Wildman–Crippen LogP) is 4.05. The molecule has 0 spiro atoms. The summed E-state index contributed by atoms with van der Waals surface area (Å²) in [5, 5.41) is 3.63. The minimum atomic E-state index is 0.531. The van der Waals surface area contributed by atoms with E-state index in [2.05, 4.69) is 55.2 Å². The van der Waals surface area contributed by atoms with Gasteiger partial charge in [-0.05, 0) is 46.1 Å². The van der Waals surface area contributed by atoms with E-state index in [1.54, 1.807) is 0 Å². The lowest BCUT2D eigenvalue weighted by Gasteiger charge is -2.31. The number of unbranched alkanes of at least 4 members (excludes halogenated alkanes) is 2. The van der Waals surface area contributed by atoms with Crippen LogP contribution in [0, 0.1) is 6.92 Å². The van der Waals surface area contributed by atoms with E-state index in [9.17, 15) is 0 Å². The molecule has 0 aromatic carbocycles. The highest BCUT2D eigenvalue weighted by Crippen LogP contribution is 2.26. The van der Waals surface area contributed by atoms with Gasteiger partial charge in [0.15, 0.2) is 0 Å². The van der Waals surface area contributed by atoms with Crippen molar-refractivity contribution < 1.29 is 0 Å². The Hall–Kier alpha value is -1.09. The van der Waals surface area contributed by atoms with Crippen LogP contribution in [0.5, 0.6) is 0 Å². The summed E-state index contributed by atoms with van der Waals surface area (Å²) in [6, 6.07) is 3.53. The number of hydrogen-bond donors (Lipinski definition) is 1. The molecule has 3 heteroatoms. The van der Waals surface area contributed by atoms with Crippen molar-refractivity contribution in [2.75, 3.05) is 11.4 Å². The lowest BCUT2D eigenvalue weighted by Crippen LogP contribution is -2.33. The van der Waals surface area contributed by atoms with Crippen molar-refractivity contribution in [2.45, 2.75) is 78.4 Å². The lowest BCUT2D eigenvalue weighted by atomic mass is 10.1. The first-order chi connectivity index (χ1) is 10.1. The van der Waals surface area contributed by atoms with Crippen LogP contribution in [0.3, 0.4) is 0 Å². The molecule has 2 rings (SSSR count). The maximum absolute atomic E-state index is 4.51. The zero-order chi connectivity index (χ0) is 15.2. The predicted molar refractivity (Wildman–Crippen MR) is 90.8 cm³/mol. The maximum atomic E-state index is 4.51. The van der Waals surface area contributed by atoms with Gasteiger partial charge in [-0.3, -0.25) is 4.98 Å². The Labute approximate surface area is 130 Å². The molecule has 0 atom stereocenters. The molecule has 0 bridgehead atoms. The van der Waals surface area contributed by atoms with E-state index in [-0.39, 0.29) is 0 Å². The standard InChI is InChI=1S/C18H31N3/c1-5-6-7-10-21(14(2)3)18-11-15(4)19-12-16(18)13-20-17-8-9-17/h11-12,14,17,20H,5-10,13H2,1-4H3. The second kappa shape index (κ2) is 7.79. The third-order valence-electron chi connectivity index (χ3n) is 4.19. The van der Waals surface area contributed by atoms with Gasteiger partial charge in [0.1, 0.15) is 0 Å². The summed E-state index contributed by atoms with van der Waals surface area (Å²) in [5.74, 6) is 0. The summed E-state index contributed by atoms with van der Waals surface area (Å²) in [7, 11) is 0. The fourth-order valence-corrected chi connectivity index (χ4v) is 2.71. The molecule has 1 N–H and O–H groups in total. The molecule has 1 aromatic heterocycles. The van der Waals surface area contributed by atoms with Gasteiger partial charge in [-0.1, -0.05) is 19.8 Å². The van der Waals surface area contributed by atoms with Gasteiger partial charge in [0.2, 0.25) is 0 Å². The van der Waals surface area contributed by atoms with Crippen molar-refractivity contribution >= 4 is 5.69 Å². The van der Waals surface area contributed by atoms with Crippen LogP contribution in [-0.2, 0) is 6.54 Å². The second-order valence-corrected chi connectivity index (χ2v) is 6.60. The van der Waals surface area contributed by atoms with Gasteiger partial charge in [0, 0.05) is 48.3 Å². The second-order valence-electron chi connectivity index (χ2n) is 6.60. The molecule has 3 nitrogen and oxygen atoms in total. The van der Waals surface area contributed by atoms with Crippen molar-refractivity contribution in [2.24, 2.45) is 0 Å². The Bertz CT molecular complexity index is 438. The Morgan fingerprint density at radius 1 is 1.33 bits per heavy atom. The molecular weight excluding hydrogens is 258 g/mol. The Morgan fingerprint density at radius 3 is 2.71 bits per heavy atom. The monoisotopic (exact) mass is 289 g/mol. The quantitative estimate of drug-likeness (QED) is 0.695. The van der Waals surface area contributed by atoms with Gasteiger partial charge in [0.25, 0.3) is 0 Å². The third kappa shape index (κ3) is 4.99. The summed E-state index contributed by atoms with van der Waals surface area (Å²) >= 11 is 0. The van der Waals surface area contributed by atoms with Gasteiger partial charge in [0.05, 0.1) is 0 Å². The number of nitrogens with zero attached hydrogens (tertiary/aromatic N) is 2. The van der Waals surface area contributed by atoms with Crippen LogP contribution in [0.25, 0.3) is 0 Å². The van der Waals surface area contributed by atoms with Gasteiger partial charge in [-0.25, -0.2) is 0 Å². The first kappa shape index (κ1) is 16.3. The highest BCUT2D eigenvalue weighted by atomic mass is 15.2. The van der Waals surface area contributed by atoms with Crippen LogP contribution in [0.4, 0.5) is 5.69 Å². The minimum absolute atomic E-state index is 0.531. The van der Waals surface area contributed by atoms with Crippen LogP contribution in [-0.4, -0.2) is 23.6 Å². The number of aromatic nitrogens is 1. The Morgan fingerprint density at radius 2 is 2.10 bits per heavy atom. The summed E-state index contributed by atoms with van der Waals surface area (Å²) in [6.07, 6.45) is 8.58. The number of pyridine rings is 1. The average molecular weight is 289 g/mol. The zero-order valence-electron chi connectivity index (χ0n) is 14.2. The molecule has 0 radical (unpaired) electrons. The fraction of sp³-hybridized carbons (Fsp3) is 0.722. The molecule has 1 heterocycles. The molecule has 0 amide bonds. The van der Waals surface area contributed by atoms with E-state index in [1.807, 2.05) is 0 Å². The molecular formula is C18H31N3. The van der Waals surface area contributed by atoms with Crippen molar-refractivity contribution in [1.82, 2.24) is 10.3 Å². The smallest absolute Gasteiger partial charge is 0.0447 e. The molecule has 118 valence electrons. The van der Waals surface area contributed by atoms with Crippen LogP contribution in [0.2, 0.25) is 0 Å². The summed E-state index contributed by atoms with van der Waals surface area (Å²) < 4.78 is 0. The van der Waals surface area contributed by atoms with Gasteiger partial charge < -0.3 is 10.2 Å². The zero-order valence-corrected chi connectivity index (χ0v) is 14.2. The number of anilines is 1. The summed E-state index contributed by atoms with van der Waals surface area (Å²) in [5.41, 5.74) is 3.83. The van der Waals surface area contributed by atoms with Crippen molar-refractivity contribution in [3.8, 4) is 0 Å². The fourth-order valence-electron chi connectivity index (χ4n) is 2.71. The molecule has 0 aliphatic heterocycles. The van der Waals surface area contributed by atoms with Crippen LogP contribution in [0.15, 0.2) is 12.3 Å². The van der Waals surface area contributed by atoms with E-state index in [4.69, 9.17) is 0 Å². The Balaban J connectivity index is 2.12. The van der Waals surface area contributed by atoms with E-state index in [0.717, 1.165) is 24.8 Å². The molecule has 0 saturated heterocycles. The van der Waals surface area contributed by atoms with Crippen LogP contribution < -0.4 is 10.2 Å². The van der Waals surface area contributed by atoms with Gasteiger partial charge in [-0.15, -0.1) is 0 Å². The number of aryl methyl sites for hydroxylation is 1. The topological polar surface area (TPSA) is 28.2 Å². The van der Waals surface area contributed by atoms with Crippen LogP contribution >= 0.6 is 0 Å². The summed E-state index contributed by atoms with van der Waals surface area (Å²) in [4.78, 5) is 7.06. The summed E-state index contributed by atoms with van der Waals surface area (Å²) in [6.45, 7) is 11.0. The van der Waals surface area contributed by atoms with E-state index in [0.29, 0.717) is 6.04 Å². The average Bonchev–Trinajstić information content (AvgIpc) is 3.26. The highest BCUT2D eigenvalue weighted by Gasteiger charge is 2.21. The molecule has 21 heavy (non-hydrogen) atoms. The molecule has 0 unspecified atom stereocenters. The SMILES string of the molecule is CCCCCN(c1cc(C)ncc1CNC1CC1)C(C)C. The number of nitrogens with one attached hydrogen (secondary N) is 1. The molecule has 1 aliphatic rings. The normalized spacial score (nSPS) is 14.7. The molecule has 1 fully saturated rings. The first-order valence-corrected chi connectivity index (χ1v) is 8.57. The molecule has 1 aromatic rings. The van der Waals surface area contributed by atoms with Gasteiger partial charge >= 0.3 is 0 Å². The largest absolute Gasteiger partial charge is 0.369 e. The van der Waals surface area contributed by atoms with Crippen molar-refractivity contribution in [1.29, 1.82) is 0 Å². The van der Waals surface area contributed by atoms with E-state index in [1.165, 1.54) is 43.4 Å².